The van der Waals surface area contributed by atoms with E-state index in [0.29, 0.717) is 0 Å². The minimum Gasteiger partial charge on any atom is -0.294 e. The van der Waals surface area contributed by atoms with Crippen molar-refractivity contribution in [2.75, 3.05) is 0 Å². The third-order valence-corrected chi connectivity index (χ3v) is 1.45. The molecule has 0 N–H and O–H groups in total. The van der Waals surface area contributed by atoms with Crippen LogP contribution in [0, 0.1) is 12.3 Å². The van der Waals surface area contributed by atoms with Gasteiger partial charge in [-0.3, -0.25) is 16.1 Å². The first-order valence-corrected chi connectivity index (χ1v) is 3.48. The van der Waals surface area contributed by atoms with Gasteiger partial charge in [0.2, 0.25) is 0 Å². The van der Waals surface area contributed by atoms with Crippen LogP contribution in [0.4, 0.5) is 0 Å². The van der Waals surface area contributed by atoms with Crippen molar-refractivity contribution < 1.29 is 32.7 Å². The topological polar surface area (TPSA) is 38.7 Å². The largest absolute Gasteiger partial charge is 0.294 e. The average molecular weight is 244 g/mol. The van der Waals surface area contributed by atoms with Crippen LogP contribution in [0.1, 0.15) is 0 Å². The average Bonchev–Trinajstić information content (AvgIpc) is 2.21. The molecule has 0 aromatic carbocycles. The fourth-order valence-corrected chi connectivity index (χ4v) is 0.894. The minimum atomic E-state index is 0. The second-order valence-electron chi connectivity index (χ2n) is 2.21. The molecule has 3 nitrogen and oxygen atoms in total. The Labute approximate surface area is 101 Å². The van der Waals surface area contributed by atoms with Crippen LogP contribution in [0.15, 0.2) is 30.7 Å². The van der Waals surface area contributed by atoms with E-state index in [1.165, 1.54) is 0 Å². The van der Waals surface area contributed by atoms with Gasteiger partial charge in [-0.25, -0.2) is 17.2 Å². The van der Waals surface area contributed by atoms with Gasteiger partial charge in [-0.2, -0.15) is 11.2 Å². The molecule has 0 saturated heterocycles. The zero-order chi connectivity index (χ0) is 8.23. The second kappa shape index (κ2) is 5.15. The van der Waals surface area contributed by atoms with Crippen molar-refractivity contribution in [1.29, 1.82) is 0 Å². The summed E-state index contributed by atoms with van der Waals surface area (Å²) in [5, 5.41) is 7.28. The summed E-state index contributed by atoms with van der Waals surface area (Å²) < 4.78 is 0. The van der Waals surface area contributed by atoms with E-state index >= 15 is 0 Å². The smallest absolute Gasteiger partial charge is 0 e. The van der Waals surface area contributed by atoms with Crippen molar-refractivity contribution in [2.45, 2.75) is 0 Å². The normalized spacial score (nSPS) is 8.92. The Morgan fingerprint density at radius 2 is 1.92 bits per heavy atom. The first kappa shape index (κ1) is 10.4. The van der Waals surface area contributed by atoms with E-state index in [1.54, 1.807) is 18.6 Å². The summed E-state index contributed by atoms with van der Waals surface area (Å²) >= 11 is 0. The number of hydrogen-bond donors (Lipinski definition) is 0. The van der Waals surface area contributed by atoms with Gasteiger partial charge < -0.3 is 0 Å². The molecule has 0 bridgehead atoms. The molecule has 0 aliphatic rings. The Hall–Kier alpha value is -0.666. The third-order valence-electron chi connectivity index (χ3n) is 1.45. The van der Waals surface area contributed by atoms with Gasteiger partial charge in [-0.15, -0.1) is 6.20 Å². The molecule has 0 atom stereocenters. The van der Waals surface area contributed by atoms with Gasteiger partial charge in [0.25, 0.3) is 0 Å². The second-order valence-corrected chi connectivity index (χ2v) is 2.21. The van der Waals surface area contributed by atoms with Gasteiger partial charge in [0.05, 0.1) is 0 Å². The molecule has 4 heteroatoms. The van der Waals surface area contributed by atoms with Gasteiger partial charge in [-0.05, 0) is 18.6 Å². The molecule has 0 spiro atoms. The van der Waals surface area contributed by atoms with Crippen LogP contribution in [0.3, 0.4) is 0 Å². The molecule has 61 valence electrons. The zero-order valence-electron chi connectivity index (χ0n) is 6.81. The first-order chi connectivity index (χ1) is 5.97. The fraction of sp³-hybridized carbons (Fsp3) is 0. The molecule has 13 heavy (non-hydrogen) atoms. The van der Waals surface area contributed by atoms with Gasteiger partial charge >= 0.3 is 0 Å². The molecule has 0 fully saturated rings. The molecule has 0 amide bonds. The van der Waals surface area contributed by atoms with E-state index in [4.69, 9.17) is 0 Å². The maximum atomic E-state index is 3.87. The summed E-state index contributed by atoms with van der Waals surface area (Å²) in [5.74, 6) is 0. The number of nitrogens with zero attached hydrogens (tertiary/aromatic N) is 3. The summed E-state index contributed by atoms with van der Waals surface area (Å²) in [7, 11) is 0. The summed E-state index contributed by atoms with van der Waals surface area (Å²) in [5.41, 5.74) is 1.81. The number of aromatic nitrogens is 3. The van der Waals surface area contributed by atoms with Crippen molar-refractivity contribution >= 4 is 0 Å². The summed E-state index contributed by atoms with van der Waals surface area (Å²) in [4.78, 5) is 3.87. The molecule has 1 radical (unpaired) electrons. The van der Waals surface area contributed by atoms with E-state index in [2.05, 4.69) is 27.4 Å². The van der Waals surface area contributed by atoms with Crippen LogP contribution in [-0.4, -0.2) is 15.2 Å². The van der Waals surface area contributed by atoms with Gasteiger partial charge in [-0.1, -0.05) is 0 Å². The molecule has 0 saturated carbocycles. The molecule has 2 aromatic heterocycles. The van der Waals surface area contributed by atoms with E-state index in [9.17, 15) is 0 Å². The van der Waals surface area contributed by atoms with E-state index in [1.807, 2.05) is 12.1 Å². The maximum Gasteiger partial charge on any atom is 0 e. The summed E-state index contributed by atoms with van der Waals surface area (Å²) in [6.45, 7) is 0. The number of hydrogen-bond acceptors (Lipinski definition) is 3. The fourth-order valence-electron chi connectivity index (χ4n) is 0.894. The first-order valence-electron chi connectivity index (χ1n) is 3.48. The van der Waals surface area contributed by atoms with Gasteiger partial charge in [0.15, 0.2) is 0 Å². The van der Waals surface area contributed by atoms with E-state index in [-0.39, 0.29) is 32.7 Å². The molecule has 2 heterocycles. The maximum absolute atomic E-state index is 3.87. The predicted octanol–water partition coefficient (Wildman–Crippen LogP) is 1.14. The quantitative estimate of drug-likeness (QED) is 0.706. The summed E-state index contributed by atoms with van der Waals surface area (Å²) in [6, 6.07) is 6.66. The van der Waals surface area contributed by atoms with Crippen LogP contribution >= 0.6 is 0 Å². The van der Waals surface area contributed by atoms with E-state index in [0.717, 1.165) is 11.1 Å². The Kier molecular flexibility index (Phi) is 4.12. The van der Waals surface area contributed by atoms with Gasteiger partial charge in [0, 0.05) is 32.7 Å². The molecular formula is C9H5N3Y-2. The molecule has 2 aromatic rings. The Bertz CT molecular complexity index is 312. The van der Waals surface area contributed by atoms with Crippen molar-refractivity contribution in [3.05, 3.63) is 43.0 Å². The van der Waals surface area contributed by atoms with Crippen LogP contribution in [0.5, 0.6) is 0 Å². The van der Waals surface area contributed by atoms with Crippen LogP contribution in [0.25, 0.3) is 11.1 Å². The zero-order valence-corrected chi connectivity index (χ0v) is 9.64. The van der Waals surface area contributed by atoms with Gasteiger partial charge in [0.1, 0.15) is 0 Å². The number of rotatable bonds is 1. The molecule has 2 rings (SSSR count). The van der Waals surface area contributed by atoms with Crippen LogP contribution in [-0.2, 0) is 32.7 Å². The summed E-state index contributed by atoms with van der Waals surface area (Å²) in [6.07, 6.45) is 7.71. The van der Waals surface area contributed by atoms with Crippen molar-refractivity contribution in [3.8, 4) is 11.1 Å². The molecular weight excluding hydrogens is 239 g/mol. The predicted molar refractivity (Wildman–Crippen MR) is 42.9 cm³/mol. The molecule has 0 aliphatic carbocycles. The molecule has 0 unspecified atom stereocenters. The van der Waals surface area contributed by atoms with Crippen molar-refractivity contribution in [3.63, 3.8) is 0 Å². The monoisotopic (exact) mass is 244 g/mol. The third kappa shape index (κ3) is 2.64. The van der Waals surface area contributed by atoms with Crippen molar-refractivity contribution in [1.82, 2.24) is 15.2 Å². The number of pyridine rings is 1. The Balaban J connectivity index is 0.000000845. The van der Waals surface area contributed by atoms with Crippen molar-refractivity contribution in [2.24, 2.45) is 0 Å². The van der Waals surface area contributed by atoms with E-state index < -0.39 is 0 Å². The standard InChI is InChI=1S/C9H5N3.Y/c1-4-10-5-2-8(1)9-3-6-11-12-7-9;/h1,3-6H;/q-2;. The molecule has 0 aliphatic heterocycles. The van der Waals surface area contributed by atoms with Crippen LogP contribution < -0.4 is 0 Å². The minimum absolute atomic E-state index is 0. The SMILES string of the molecule is [Y].[c-]1cnccc1-c1[c-]nncc1. The Morgan fingerprint density at radius 3 is 2.54 bits per heavy atom. The van der Waals surface area contributed by atoms with Crippen LogP contribution in [0.2, 0.25) is 0 Å². The Morgan fingerprint density at radius 1 is 1.08 bits per heavy atom.